The Morgan fingerprint density at radius 2 is 2.30 bits per heavy atom. The van der Waals surface area contributed by atoms with Crippen molar-refractivity contribution in [3.63, 3.8) is 0 Å². The fraction of sp³-hybridized carbons (Fsp3) is 0.538. The molecule has 1 unspecified atom stereocenters. The van der Waals surface area contributed by atoms with E-state index in [-0.39, 0.29) is 11.9 Å². The Morgan fingerprint density at radius 3 is 3.10 bits per heavy atom. The second-order valence-corrected chi connectivity index (χ2v) is 5.06. The summed E-state index contributed by atoms with van der Waals surface area (Å²) in [6, 6.07) is 4.04. The number of anilines is 1. The summed E-state index contributed by atoms with van der Waals surface area (Å²) >= 11 is 0. The van der Waals surface area contributed by atoms with E-state index >= 15 is 0 Å². The van der Waals surface area contributed by atoms with Crippen molar-refractivity contribution in [1.29, 1.82) is 0 Å². The zero-order valence-electron chi connectivity index (χ0n) is 11.7. The van der Waals surface area contributed by atoms with Crippen LogP contribution in [0.1, 0.15) is 25.6 Å². The molecule has 0 saturated carbocycles. The summed E-state index contributed by atoms with van der Waals surface area (Å²) in [5.41, 5.74) is 0.738. The van der Waals surface area contributed by atoms with Gasteiger partial charge in [0.2, 0.25) is 5.91 Å². The molecule has 3 heterocycles. The Hall–Kier alpha value is -2.18. The number of likely N-dealkylation sites (tertiary alicyclic amines) is 1. The number of aromatic nitrogens is 4. The Morgan fingerprint density at radius 1 is 1.45 bits per heavy atom. The van der Waals surface area contributed by atoms with Crippen molar-refractivity contribution >= 4 is 17.4 Å². The van der Waals surface area contributed by atoms with E-state index in [1.807, 2.05) is 30.9 Å². The molecule has 0 spiro atoms. The molecule has 0 aliphatic carbocycles. The fourth-order valence-corrected chi connectivity index (χ4v) is 2.51. The molecule has 2 aromatic rings. The third kappa shape index (κ3) is 2.31. The number of hydrogen-bond acceptors (Lipinski definition) is 5. The van der Waals surface area contributed by atoms with E-state index < -0.39 is 0 Å². The van der Waals surface area contributed by atoms with Gasteiger partial charge >= 0.3 is 0 Å². The number of hydrogen-bond donors (Lipinski definition) is 1. The average Bonchev–Trinajstić information content (AvgIpc) is 3.06. The van der Waals surface area contributed by atoms with Crippen LogP contribution < -0.4 is 5.32 Å². The first-order valence-electron chi connectivity index (χ1n) is 6.90. The molecule has 0 bridgehead atoms. The van der Waals surface area contributed by atoms with Crippen LogP contribution in [0.15, 0.2) is 12.1 Å². The number of fused-ring (bicyclic) bond motifs is 1. The van der Waals surface area contributed by atoms with Gasteiger partial charge in [-0.3, -0.25) is 4.79 Å². The highest BCUT2D eigenvalue weighted by Crippen LogP contribution is 2.15. The molecule has 1 fully saturated rings. The van der Waals surface area contributed by atoms with Crippen LogP contribution in [-0.4, -0.2) is 49.7 Å². The molecule has 106 valence electrons. The molecule has 0 aromatic carbocycles. The third-order valence-corrected chi connectivity index (χ3v) is 3.61. The summed E-state index contributed by atoms with van der Waals surface area (Å²) in [5.74, 6) is 1.77. The number of amides is 1. The molecule has 0 radical (unpaired) electrons. The number of nitrogens with one attached hydrogen (secondary N) is 1. The van der Waals surface area contributed by atoms with Gasteiger partial charge in [0.15, 0.2) is 11.5 Å². The van der Waals surface area contributed by atoms with E-state index in [1.165, 1.54) is 0 Å². The minimum absolute atomic E-state index is 0.215. The molecule has 7 nitrogen and oxygen atoms in total. The Labute approximate surface area is 117 Å². The van der Waals surface area contributed by atoms with E-state index in [9.17, 15) is 4.79 Å². The Bertz CT molecular complexity index is 637. The maximum Gasteiger partial charge on any atom is 0.222 e. The standard InChI is InChI=1S/C13H18N6O/c1-3-13(20)18-7-6-10(8-18)14-11-4-5-12-16-15-9(2)19(12)17-11/h4-5,10H,3,6-8H2,1-2H3,(H,14,17). The van der Waals surface area contributed by atoms with Crippen molar-refractivity contribution in [3.05, 3.63) is 18.0 Å². The largest absolute Gasteiger partial charge is 0.364 e. The summed E-state index contributed by atoms with van der Waals surface area (Å²) < 4.78 is 1.71. The van der Waals surface area contributed by atoms with Crippen molar-refractivity contribution in [2.45, 2.75) is 32.7 Å². The number of rotatable bonds is 3. The van der Waals surface area contributed by atoms with Crippen molar-refractivity contribution in [3.8, 4) is 0 Å². The zero-order valence-corrected chi connectivity index (χ0v) is 11.7. The van der Waals surface area contributed by atoms with Crippen LogP contribution in [0.3, 0.4) is 0 Å². The van der Waals surface area contributed by atoms with E-state index in [4.69, 9.17) is 0 Å². The third-order valence-electron chi connectivity index (χ3n) is 3.61. The smallest absolute Gasteiger partial charge is 0.222 e. The molecule has 20 heavy (non-hydrogen) atoms. The molecule has 1 amide bonds. The van der Waals surface area contributed by atoms with Gasteiger partial charge in [0.25, 0.3) is 0 Å². The van der Waals surface area contributed by atoms with Gasteiger partial charge in [0, 0.05) is 25.6 Å². The van der Waals surface area contributed by atoms with Crippen LogP contribution in [0, 0.1) is 6.92 Å². The number of aryl methyl sites for hydroxylation is 1. The lowest BCUT2D eigenvalue weighted by Crippen LogP contribution is -2.31. The first-order chi connectivity index (χ1) is 9.67. The summed E-state index contributed by atoms with van der Waals surface area (Å²) in [6.45, 7) is 5.33. The summed E-state index contributed by atoms with van der Waals surface area (Å²) in [6.07, 6.45) is 1.52. The Kier molecular flexibility index (Phi) is 3.25. The maximum absolute atomic E-state index is 11.7. The van der Waals surface area contributed by atoms with Crippen LogP contribution in [0.25, 0.3) is 5.65 Å². The lowest BCUT2D eigenvalue weighted by atomic mass is 10.2. The topological polar surface area (TPSA) is 75.4 Å². The molecule has 1 aliphatic rings. The molecule has 7 heteroatoms. The first kappa shape index (κ1) is 12.8. The highest BCUT2D eigenvalue weighted by atomic mass is 16.2. The highest BCUT2D eigenvalue weighted by molar-refractivity contribution is 5.76. The number of carbonyl (C=O) groups is 1. The van der Waals surface area contributed by atoms with Gasteiger partial charge < -0.3 is 10.2 Å². The monoisotopic (exact) mass is 274 g/mol. The van der Waals surface area contributed by atoms with E-state index in [1.54, 1.807) is 4.52 Å². The summed E-state index contributed by atoms with van der Waals surface area (Å²) in [4.78, 5) is 13.6. The minimum atomic E-state index is 0.215. The van der Waals surface area contributed by atoms with E-state index in [0.29, 0.717) is 6.42 Å². The molecular weight excluding hydrogens is 256 g/mol. The van der Waals surface area contributed by atoms with Crippen LogP contribution >= 0.6 is 0 Å². The van der Waals surface area contributed by atoms with E-state index in [0.717, 1.165) is 36.8 Å². The van der Waals surface area contributed by atoms with Gasteiger partial charge in [0.05, 0.1) is 0 Å². The van der Waals surface area contributed by atoms with Crippen molar-refractivity contribution < 1.29 is 4.79 Å². The van der Waals surface area contributed by atoms with Crippen molar-refractivity contribution in [2.24, 2.45) is 0 Å². The summed E-state index contributed by atoms with van der Waals surface area (Å²) in [5, 5.41) is 15.8. The van der Waals surface area contributed by atoms with Gasteiger partial charge in [-0.25, -0.2) is 0 Å². The maximum atomic E-state index is 11.7. The van der Waals surface area contributed by atoms with Crippen LogP contribution in [0.4, 0.5) is 5.82 Å². The number of nitrogens with zero attached hydrogens (tertiary/aromatic N) is 5. The quantitative estimate of drug-likeness (QED) is 0.898. The van der Waals surface area contributed by atoms with Gasteiger partial charge in [0.1, 0.15) is 5.82 Å². The second-order valence-electron chi connectivity index (χ2n) is 5.06. The normalized spacial score (nSPS) is 18.7. The SMILES string of the molecule is CCC(=O)N1CCC(Nc2ccc3nnc(C)n3n2)C1. The lowest BCUT2D eigenvalue weighted by molar-refractivity contribution is -0.129. The summed E-state index contributed by atoms with van der Waals surface area (Å²) in [7, 11) is 0. The van der Waals surface area contributed by atoms with Crippen LogP contribution in [0.5, 0.6) is 0 Å². The van der Waals surface area contributed by atoms with Gasteiger partial charge in [-0.2, -0.15) is 4.52 Å². The highest BCUT2D eigenvalue weighted by Gasteiger charge is 2.25. The Balaban J connectivity index is 1.71. The van der Waals surface area contributed by atoms with Gasteiger partial charge in [-0.05, 0) is 25.5 Å². The predicted molar refractivity (Wildman–Crippen MR) is 74.4 cm³/mol. The molecule has 1 saturated heterocycles. The fourth-order valence-electron chi connectivity index (χ4n) is 2.51. The minimum Gasteiger partial charge on any atom is -0.364 e. The van der Waals surface area contributed by atoms with Crippen LogP contribution in [0.2, 0.25) is 0 Å². The van der Waals surface area contributed by atoms with Crippen molar-refractivity contribution in [1.82, 2.24) is 24.7 Å². The average molecular weight is 274 g/mol. The molecule has 1 atom stereocenters. The van der Waals surface area contributed by atoms with Crippen LogP contribution in [-0.2, 0) is 4.79 Å². The predicted octanol–water partition coefficient (Wildman–Crippen LogP) is 0.856. The lowest BCUT2D eigenvalue weighted by Gasteiger charge is -2.16. The second kappa shape index (κ2) is 5.07. The molecule has 3 rings (SSSR count). The molecular formula is C13H18N6O. The molecule has 2 aromatic heterocycles. The van der Waals surface area contributed by atoms with Crippen molar-refractivity contribution in [2.75, 3.05) is 18.4 Å². The molecule has 1 N–H and O–H groups in total. The van der Waals surface area contributed by atoms with E-state index in [2.05, 4.69) is 20.6 Å². The number of carbonyl (C=O) groups excluding carboxylic acids is 1. The molecule has 1 aliphatic heterocycles. The van der Waals surface area contributed by atoms with Gasteiger partial charge in [-0.15, -0.1) is 15.3 Å². The van der Waals surface area contributed by atoms with Gasteiger partial charge in [-0.1, -0.05) is 6.92 Å². The zero-order chi connectivity index (χ0) is 14.1. The first-order valence-corrected chi connectivity index (χ1v) is 6.90.